The zero-order chi connectivity index (χ0) is 23.7. The molecule has 1 saturated heterocycles. The van der Waals surface area contributed by atoms with Gasteiger partial charge in [-0.1, -0.05) is 0 Å². The summed E-state index contributed by atoms with van der Waals surface area (Å²) in [5.74, 6) is 2.63. The highest BCUT2D eigenvalue weighted by molar-refractivity contribution is 14.0. The monoisotopic (exact) mass is 577 g/mol. The summed E-state index contributed by atoms with van der Waals surface area (Å²) < 4.78 is 16.4. The Morgan fingerprint density at radius 2 is 1.61 bits per heavy atom. The molecule has 188 valence electrons. The van der Waals surface area contributed by atoms with Gasteiger partial charge in [0.2, 0.25) is 11.7 Å². The van der Waals surface area contributed by atoms with Crippen LogP contribution in [0.3, 0.4) is 0 Å². The lowest BCUT2D eigenvalue weighted by Crippen LogP contribution is -2.52. The Balaban J connectivity index is 0.00000544. The van der Waals surface area contributed by atoms with Crippen molar-refractivity contribution >= 4 is 35.8 Å². The Labute approximate surface area is 215 Å². The lowest BCUT2D eigenvalue weighted by atomic mass is 10.1. The fourth-order valence-corrected chi connectivity index (χ4v) is 3.63. The molecule has 0 radical (unpaired) electrons. The molecule has 0 unspecified atom stereocenters. The number of piperazine rings is 1. The quantitative estimate of drug-likeness (QED) is 0.279. The van der Waals surface area contributed by atoms with Crippen molar-refractivity contribution < 1.29 is 19.0 Å². The maximum Gasteiger partial charge on any atom is 0.242 e. The fourth-order valence-electron chi connectivity index (χ4n) is 3.63. The van der Waals surface area contributed by atoms with Crippen LogP contribution in [0.1, 0.15) is 33.3 Å². The van der Waals surface area contributed by atoms with Crippen molar-refractivity contribution in [3.63, 3.8) is 0 Å². The number of aliphatic imine (C=N–C) groups is 1. The number of amides is 1. The minimum atomic E-state index is -0.261. The number of benzene rings is 1. The number of rotatable bonds is 8. The molecule has 1 aromatic carbocycles. The standard InChI is InChI=1S/C23H39N5O4.HI/c1-8-24-22(25-15-20(29)26-23(2,3)4)28-11-9-27(10-12-28)16-17-13-18(30-5)21(32-7)19(14-17)31-6;/h13-14H,8-12,15-16H2,1-7H3,(H,24,25)(H,26,29);1H. The summed E-state index contributed by atoms with van der Waals surface area (Å²) in [6.07, 6.45) is 0. The first-order valence-corrected chi connectivity index (χ1v) is 11.1. The summed E-state index contributed by atoms with van der Waals surface area (Å²) >= 11 is 0. The second-order valence-electron chi connectivity index (χ2n) is 8.77. The second kappa shape index (κ2) is 13.7. The highest BCUT2D eigenvalue weighted by Crippen LogP contribution is 2.38. The van der Waals surface area contributed by atoms with Crippen LogP contribution >= 0.6 is 24.0 Å². The minimum absolute atomic E-state index is 0. The molecule has 0 spiro atoms. The first-order chi connectivity index (χ1) is 15.2. The molecular weight excluding hydrogens is 537 g/mol. The third-order valence-electron chi connectivity index (χ3n) is 5.02. The van der Waals surface area contributed by atoms with E-state index in [0.717, 1.165) is 50.8 Å². The lowest BCUT2D eigenvalue weighted by Gasteiger charge is -2.36. The molecule has 9 nitrogen and oxygen atoms in total. The van der Waals surface area contributed by atoms with Gasteiger partial charge in [0.25, 0.3) is 0 Å². The molecule has 0 atom stereocenters. The van der Waals surface area contributed by atoms with Crippen molar-refractivity contribution in [3.8, 4) is 17.2 Å². The van der Waals surface area contributed by atoms with Crippen molar-refractivity contribution in [2.24, 2.45) is 4.99 Å². The first-order valence-electron chi connectivity index (χ1n) is 11.1. The molecule has 1 aliphatic heterocycles. The number of hydrogen-bond acceptors (Lipinski definition) is 6. The molecule has 0 saturated carbocycles. The molecule has 10 heteroatoms. The Morgan fingerprint density at radius 3 is 2.06 bits per heavy atom. The van der Waals surface area contributed by atoms with E-state index >= 15 is 0 Å². The predicted molar refractivity (Wildman–Crippen MR) is 142 cm³/mol. The highest BCUT2D eigenvalue weighted by atomic mass is 127. The van der Waals surface area contributed by atoms with Crippen LogP contribution in [0.2, 0.25) is 0 Å². The molecule has 1 heterocycles. The van der Waals surface area contributed by atoms with Gasteiger partial charge in [-0.3, -0.25) is 9.69 Å². The van der Waals surface area contributed by atoms with Gasteiger partial charge in [0.05, 0.1) is 21.3 Å². The van der Waals surface area contributed by atoms with Crippen LogP contribution in [0, 0.1) is 0 Å². The lowest BCUT2D eigenvalue weighted by molar-refractivity contribution is -0.121. The van der Waals surface area contributed by atoms with Crippen molar-refractivity contribution in [3.05, 3.63) is 17.7 Å². The van der Waals surface area contributed by atoms with Gasteiger partial charge in [0.1, 0.15) is 6.54 Å². The number of halogens is 1. The number of methoxy groups -OCH3 is 3. The number of ether oxygens (including phenoxy) is 3. The Morgan fingerprint density at radius 1 is 1.03 bits per heavy atom. The Hall–Kier alpha value is -1.95. The SMILES string of the molecule is CCNC(=NCC(=O)NC(C)(C)C)N1CCN(Cc2cc(OC)c(OC)c(OC)c2)CC1.I. The normalized spacial score (nSPS) is 14.9. The van der Waals surface area contributed by atoms with Crippen LogP contribution in [-0.4, -0.2) is 87.8 Å². The molecule has 2 rings (SSSR count). The summed E-state index contributed by atoms with van der Waals surface area (Å²) in [4.78, 5) is 21.3. The average Bonchev–Trinajstić information content (AvgIpc) is 2.75. The largest absolute Gasteiger partial charge is 0.493 e. The van der Waals surface area contributed by atoms with E-state index in [1.165, 1.54) is 0 Å². The number of nitrogens with one attached hydrogen (secondary N) is 2. The third-order valence-corrected chi connectivity index (χ3v) is 5.02. The molecule has 1 aliphatic rings. The van der Waals surface area contributed by atoms with Gasteiger partial charge in [-0.25, -0.2) is 4.99 Å². The number of nitrogens with zero attached hydrogens (tertiary/aromatic N) is 3. The topological polar surface area (TPSA) is 87.7 Å². The van der Waals surface area contributed by atoms with Gasteiger partial charge < -0.3 is 29.7 Å². The van der Waals surface area contributed by atoms with Crippen LogP contribution < -0.4 is 24.8 Å². The van der Waals surface area contributed by atoms with E-state index in [9.17, 15) is 4.79 Å². The van der Waals surface area contributed by atoms with Gasteiger partial charge in [0, 0.05) is 44.8 Å². The molecule has 33 heavy (non-hydrogen) atoms. The summed E-state index contributed by atoms with van der Waals surface area (Å²) in [6, 6.07) is 3.99. The van der Waals surface area contributed by atoms with E-state index in [-0.39, 0.29) is 42.0 Å². The molecule has 1 aromatic rings. The molecule has 0 aliphatic carbocycles. The fraction of sp³-hybridized carbons (Fsp3) is 0.652. The smallest absolute Gasteiger partial charge is 0.242 e. The molecule has 1 amide bonds. The molecule has 1 fully saturated rings. The van der Waals surface area contributed by atoms with Gasteiger partial charge in [-0.2, -0.15) is 0 Å². The zero-order valence-electron chi connectivity index (χ0n) is 21.0. The highest BCUT2D eigenvalue weighted by Gasteiger charge is 2.22. The minimum Gasteiger partial charge on any atom is -0.493 e. The maximum absolute atomic E-state index is 12.2. The predicted octanol–water partition coefficient (Wildman–Crippen LogP) is 2.33. The van der Waals surface area contributed by atoms with Gasteiger partial charge >= 0.3 is 0 Å². The first kappa shape index (κ1) is 29.1. The van der Waals surface area contributed by atoms with E-state index in [0.29, 0.717) is 17.2 Å². The molecule has 0 aromatic heterocycles. The van der Waals surface area contributed by atoms with Crippen molar-refractivity contribution in [1.29, 1.82) is 0 Å². The third kappa shape index (κ3) is 9.07. The summed E-state index contributed by atoms with van der Waals surface area (Å²) in [6.45, 7) is 13.0. The van der Waals surface area contributed by atoms with Crippen molar-refractivity contribution in [2.75, 3.05) is 60.6 Å². The average molecular weight is 578 g/mol. The van der Waals surface area contributed by atoms with Crippen LogP contribution in [0.4, 0.5) is 0 Å². The van der Waals surface area contributed by atoms with Crippen LogP contribution in [-0.2, 0) is 11.3 Å². The zero-order valence-corrected chi connectivity index (χ0v) is 23.3. The second-order valence-corrected chi connectivity index (χ2v) is 8.77. The van der Waals surface area contributed by atoms with Crippen molar-refractivity contribution in [2.45, 2.75) is 39.8 Å². The van der Waals surface area contributed by atoms with E-state index in [4.69, 9.17) is 14.2 Å². The van der Waals surface area contributed by atoms with E-state index < -0.39 is 0 Å². The number of hydrogen-bond donors (Lipinski definition) is 2. The van der Waals surface area contributed by atoms with E-state index in [1.807, 2.05) is 39.8 Å². The van der Waals surface area contributed by atoms with Gasteiger partial charge in [0.15, 0.2) is 17.5 Å². The number of carbonyl (C=O) groups excluding carboxylic acids is 1. The van der Waals surface area contributed by atoms with Crippen LogP contribution in [0.5, 0.6) is 17.2 Å². The summed E-state index contributed by atoms with van der Waals surface area (Å²) in [7, 11) is 4.86. The molecule has 2 N–H and O–H groups in total. The van der Waals surface area contributed by atoms with E-state index in [1.54, 1.807) is 21.3 Å². The van der Waals surface area contributed by atoms with Gasteiger partial charge in [-0.05, 0) is 45.4 Å². The van der Waals surface area contributed by atoms with Crippen molar-refractivity contribution in [1.82, 2.24) is 20.4 Å². The Bertz CT molecular complexity index is 765. The maximum atomic E-state index is 12.2. The van der Waals surface area contributed by atoms with Gasteiger partial charge in [-0.15, -0.1) is 24.0 Å². The van der Waals surface area contributed by atoms with Crippen LogP contribution in [0.25, 0.3) is 0 Å². The Kier molecular flexibility index (Phi) is 12.1. The summed E-state index contributed by atoms with van der Waals surface area (Å²) in [5, 5.41) is 6.26. The van der Waals surface area contributed by atoms with Crippen LogP contribution in [0.15, 0.2) is 17.1 Å². The summed E-state index contributed by atoms with van der Waals surface area (Å²) in [5.41, 5.74) is 0.844. The number of guanidine groups is 1. The van der Waals surface area contributed by atoms with E-state index in [2.05, 4.69) is 25.4 Å². The number of carbonyl (C=O) groups is 1. The molecular formula is C23H40IN5O4. The molecule has 0 bridgehead atoms.